The molecule has 14 heavy (non-hydrogen) atoms. The Labute approximate surface area is 87.6 Å². The zero-order chi connectivity index (χ0) is 10.6. The van der Waals surface area contributed by atoms with Crippen molar-refractivity contribution in [3.8, 4) is 0 Å². The highest BCUT2D eigenvalue weighted by atomic mass is 15.1. The van der Waals surface area contributed by atoms with Gasteiger partial charge < -0.3 is 15.5 Å². The zero-order valence-corrected chi connectivity index (χ0v) is 9.64. The van der Waals surface area contributed by atoms with E-state index in [0.717, 1.165) is 6.54 Å². The van der Waals surface area contributed by atoms with Crippen LogP contribution in [0.25, 0.3) is 0 Å². The first-order valence-electron chi connectivity index (χ1n) is 5.42. The van der Waals surface area contributed by atoms with Crippen molar-refractivity contribution in [1.29, 1.82) is 0 Å². The topological polar surface area (TPSA) is 27.3 Å². The second-order valence-electron chi connectivity index (χ2n) is 4.27. The molecule has 1 aliphatic rings. The van der Waals surface area contributed by atoms with E-state index in [9.17, 15) is 0 Å². The molecule has 1 rings (SSSR count). The minimum atomic E-state index is 0.492. The Morgan fingerprint density at radius 3 is 2.79 bits per heavy atom. The summed E-state index contributed by atoms with van der Waals surface area (Å²) in [7, 11) is 6.13. The number of nitrogens with zero attached hydrogens (tertiary/aromatic N) is 1. The van der Waals surface area contributed by atoms with E-state index in [1.54, 1.807) is 0 Å². The molecule has 1 heterocycles. The molecule has 2 unspecified atom stereocenters. The van der Waals surface area contributed by atoms with E-state index in [1.807, 2.05) is 7.05 Å². The van der Waals surface area contributed by atoms with Gasteiger partial charge in [0.15, 0.2) is 0 Å². The van der Waals surface area contributed by atoms with Gasteiger partial charge in [-0.25, -0.2) is 0 Å². The van der Waals surface area contributed by atoms with Crippen molar-refractivity contribution >= 4 is 0 Å². The van der Waals surface area contributed by atoms with Gasteiger partial charge in [0.1, 0.15) is 0 Å². The first-order chi connectivity index (χ1) is 6.65. The molecule has 1 aliphatic heterocycles. The van der Waals surface area contributed by atoms with Gasteiger partial charge in [-0.1, -0.05) is 6.58 Å². The molecule has 0 radical (unpaired) electrons. The number of rotatable bonds is 5. The Morgan fingerprint density at radius 1 is 1.50 bits per heavy atom. The molecule has 0 saturated carbocycles. The molecule has 0 spiro atoms. The summed E-state index contributed by atoms with van der Waals surface area (Å²) in [6, 6.07) is 1.16. The first-order valence-corrected chi connectivity index (χ1v) is 5.42. The molecule has 0 aromatic heterocycles. The second kappa shape index (κ2) is 5.37. The SMILES string of the molecule is C=C(C1CCC(CCNC)N1)N(C)C. The highest BCUT2D eigenvalue weighted by Gasteiger charge is 2.25. The van der Waals surface area contributed by atoms with Crippen LogP contribution in [0.1, 0.15) is 19.3 Å². The average Bonchev–Trinajstić information content (AvgIpc) is 2.61. The van der Waals surface area contributed by atoms with Gasteiger partial charge >= 0.3 is 0 Å². The molecule has 0 aromatic carbocycles. The minimum Gasteiger partial charge on any atom is -0.380 e. The highest BCUT2D eigenvalue weighted by Crippen LogP contribution is 2.20. The lowest BCUT2D eigenvalue weighted by atomic mass is 10.1. The lowest BCUT2D eigenvalue weighted by Gasteiger charge is -2.22. The fourth-order valence-electron chi connectivity index (χ4n) is 1.94. The Balaban J connectivity index is 2.30. The number of hydrogen-bond acceptors (Lipinski definition) is 3. The second-order valence-corrected chi connectivity index (χ2v) is 4.27. The monoisotopic (exact) mass is 197 g/mol. The van der Waals surface area contributed by atoms with Crippen LogP contribution < -0.4 is 10.6 Å². The molecular weight excluding hydrogens is 174 g/mol. The van der Waals surface area contributed by atoms with E-state index in [4.69, 9.17) is 0 Å². The number of likely N-dealkylation sites (N-methyl/N-ethyl adjacent to an activating group) is 1. The van der Waals surface area contributed by atoms with Crippen LogP contribution in [0.15, 0.2) is 12.3 Å². The fraction of sp³-hybridized carbons (Fsp3) is 0.818. The number of hydrogen-bond donors (Lipinski definition) is 2. The summed E-state index contributed by atoms with van der Waals surface area (Å²) in [6.07, 6.45) is 3.72. The van der Waals surface area contributed by atoms with Gasteiger partial charge in [0.2, 0.25) is 0 Å². The van der Waals surface area contributed by atoms with Gasteiger partial charge in [0.25, 0.3) is 0 Å². The van der Waals surface area contributed by atoms with Crippen LogP contribution in [0.2, 0.25) is 0 Å². The predicted molar refractivity (Wildman–Crippen MR) is 61.3 cm³/mol. The van der Waals surface area contributed by atoms with E-state index in [1.165, 1.54) is 25.0 Å². The van der Waals surface area contributed by atoms with Gasteiger partial charge in [-0.3, -0.25) is 0 Å². The van der Waals surface area contributed by atoms with Crippen LogP contribution in [0.3, 0.4) is 0 Å². The molecule has 0 bridgehead atoms. The van der Waals surface area contributed by atoms with Gasteiger partial charge in [0.05, 0.1) is 0 Å². The summed E-state index contributed by atoms with van der Waals surface area (Å²) in [5, 5.41) is 6.81. The van der Waals surface area contributed by atoms with Gasteiger partial charge in [-0.05, 0) is 32.9 Å². The van der Waals surface area contributed by atoms with Crippen LogP contribution in [-0.2, 0) is 0 Å². The van der Waals surface area contributed by atoms with E-state index in [0.29, 0.717) is 12.1 Å². The molecule has 0 amide bonds. The Hall–Kier alpha value is -0.540. The Kier molecular flexibility index (Phi) is 4.42. The molecule has 82 valence electrons. The first kappa shape index (κ1) is 11.5. The highest BCUT2D eigenvalue weighted by molar-refractivity contribution is 5.07. The average molecular weight is 197 g/mol. The third kappa shape index (κ3) is 3.00. The molecule has 0 aliphatic carbocycles. The molecule has 2 N–H and O–H groups in total. The van der Waals surface area contributed by atoms with Crippen molar-refractivity contribution in [2.75, 3.05) is 27.7 Å². The summed E-state index contributed by atoms with van der Waals surface area (Å²) in [5.41, 5.74) is 1.21. The van der Waals surface area contributed by atoms with Crippen molar-refractivity contribution in [3.05, 3.63) is 12.3 Å². The summed E-state index contributed by atoms with van der Waals surface area (Å²) >= 11 is 0. The molecule has 3 heteroatoms. The molecular formula is C11H23N3. The van der Waals surface area contributed by atoms with Gasteiger partial charge in [-0.15, -0.1) is 0 Å². The maximum absolute atomic E-state index is 4.10. The molecule has 2 atom stereocenters. The Morgan fingerprint density at radius 2 is 2.21 bits per heavy atom. The van der Waals surface area contributed by atoms with Crippen LogP contribution in [0.5, 0.6) is 0 Å². The fourth-order valence-corrected chi connectivity index (χ4v) is 1.94. The largest absolute Gasteiger partial charge is 0.380 e. The molecule has 1 fully saturated rings. The van der Waals surface area contributed by atoms with E-state index in [-0.39, 0.29) is 0 Å². The maximum Gasteiger partial charge on any atom is 0.0467 e. The zero-order valence-electron chi connectivity index (χ0n) is 9.64. The summed E-state index contributed by atoms with van der Waals surface area (Å²) in [6.45, 7) is 5.19. The molecule has 1 saturated heterocycles. The maximum atomic E-state index is 4.10. The molecule has 0 aromatic rings. The minimum absolute atomic E-state index is 0.492. The van der Waals surface area contributed by atoms with Gasteiger partial charge in [0, 0.05) is 31.9 Å². The van der Waals surface area contributed by atoms with Crippen molar-refractivity contribution in [2.24, 2.45) is 0 Å². The quantitative estimate of drug-likeness (QED) is 0.682. The molecule has 3 nitrogen and oxygen atoms in total. The standard InChI is InChI=1S/C11H23N3/c1-9(14(3)4)11-6-5-10(13-11)7-8-12-2/h10-13H,1,5-8H2,2-4H3. The lowest BCUT2D eigenvalue weighted by molar-refractivity contribution is 0.432. The van der Waals surface area contributed by atoms with Crippen LogP contribution in [0, 0.1) is 0 Å². The van der Waals surface area contributed by atoms with Crippen molar-refractivity contribution in [2.45, 2.75) is 31.3 Å². The smallest absolute Gasteiger partial charge is 0.0467 e. The van der Waals surface area contributed by atoms with Crippen LogP contribution in [-0.4, -0.2) is 44.7 Å². The predicted octanol–water partition coefficient (Wildman–Crippen LogP) is 0.792. The van der Waals surface area contributed by atoms with Gasteiger partial charge in [-0.2, -0.15) is 0 Å². The number of nitrogens with one attached hydrogen (secondary N) is 2. The normalized spacial score (nSPS) is 26.5. The third-order valence-electron chi connectivity index (χ3n) is 2.96. The van der Waals surface area contributed by atoms with Crippen molar-refractivity contribution in [1.82, 2.24) is 15.5 Å². The summed E-state index contributed by atoms with van der Waals surface area (Å²) in [4.78, 5) is 2.11. The summed E-state index contributed by atoms with van der Waals surface area (Å²) in [5.74, 6) is 0. The third-order valence-corrected chi connectivity index (χ3v) is 2.96. The Bertz CT molecular complexity index is 189. The van der Waals surface area contributed by atoms with E-state index >= 15 is 0 Å². The summed E-state index contributed by atoms with van der Waals surface area (Å²) < 4.78 is 0. The van der Waals surface area contributed by atoms with Crippen molar-refractivity contribution < 1.29 is 0 Å². The van der Waals surface area contributed by atoms with Crippen LogP contribution >= 0.6 is 0 Å². The van der Waals surface area contributed by atoms with Crippen molar-refractivity contribution in [3.63, 3.8) is 0 Å². The lowest BCUT2D eigenvalue weighted by Crippen LogP contribution is -2.35. The van der Waals surface area contributed by atoms with E-state index in [2.05, 4.69) is 36.2 Å². The van der Waals surface area contributed by atoms with E-state index < -0.39 is 0 Å². The van der Waals surface area contributed by atoms with Crippen LogP contribution in [0.4, 0.5) is 0 Å².